The molecule has 4 aromatic rings. The number of piperazine rings is 1. The normalized spacial score (nSPS) is 14.8. The summed E-state index contributed by atoms with van der Waals surface area (Å²) in [4.78, 5) is 36.8. The zero-order valence-electron chi connectivity index (χ0n) is 18.4. The molecule has 0 amide bonds. The summed E-state index contributed by atoms with van der Waals surface area (Å²) in [6.07, 6.45) is 0. The number of halogens is 1. The largest absolute Gasteiger partial charge is 0.340 e. The van der Waals surface area contributed by atoms with Crippen molar-refractivity contribution in [3.8, 4) is 0 Å². The van der Waals surface area contributed by atoms with Gasteiger partial charge < -0.3 is 4.90 Å². The summed E-state index contributed by atoms with van der Waals surface area (Å²) < 4.78 is 3.28. The SMILES string of the molecule is Cn1c(=O)[nH]c(=O)c2c1nc(N1CCN(Cc3ccccc3)CC1)n2Cc1cccc(Cl)c1. The number of hydrogen-bond acceptors (Lipinski definition) is 5. The Balaban J connectivity index is 1.48. The summed E-state index contributed by atoms with van der Waals surface area (Å²) in [5.41, 5.74) is 2.11. The van der Waals surface area contributed by atoms with Crippen molar-refractivity contribution >= 4 is 28.7 Å². The van der Waals surface area contributed by atoms with Crippen LogP contribution in [0.4, 0.5) is 5.95 Å². The van der Waals surface area contributed by atoms with Crippen molar-refractivity contribution in [3.63, 3.8) is 0 Å². The number of rotatable bonds is 5. The predicted molar refractivity (Wildman–Crippen MR) is 130 cm³/mol. The molecule has 0 aliphatic carbocycles. The second kappa shape index (κ2) is 8.88. The first-order valence-corrected chi connectivity index (χ1v) is 11.3. The van der Waals surface area contributed by atoms with Crippen molar-refractivity contribution in [2.45, 2.75) is 13.1 Å². The van der Waals surface area contributed by atoms with Gasteiger partial charge >= 0.3 is 5.69 Å². The van der Waals surface area contributed by atoms with Gasteiger partial charge in [0, 0.05) is 44.8 Å². The maximum atomic E-state index is 12.8. The van der Waals surface area contributed by atoms with E-state index in [-0.39, 0.29) is 0 Å². The standard InChI is InChI=1S/C24H25ClN6O2/c1-28-21-20(22(32)27-24(28)33)31(16-18-8-5-9-19(25)14-18)23(26-21)30-12-10-29(11-13-30)15-17-6-3-2-4-7-17/h2-9,14H,10-13,15-16H2,1H3,(H,27,32,33). The van der Waals surface area contributed by atoms with Gasteiger partial charge in [-0.05, 0) is 23.3 Å². The zero-order valence-corrected chi connectivity index (χ0v) is 19.1. The number of fused-ring (bicyclic) bond motifs is 1. The average molecular weight is 465 g/mol. The lowest BCUT2D eigenvalue weighted by Gasteiger charge is -2.35. The van der Waals surface area contributed by atoms with Gasteiger partial charge in [-0.1, -0.05) is 54.1 Å². The third-order valence-corrected chi connectivity index (χ3v) is 6.36. The second-order valence-electron chi connectivity index (χ2n) is 8.37. The molecular weight excluding hydrogens is 440 g/mol. The highest BCUT2D eigenvalue weighted by Gasteiger charge is 2.25. The Bertz CT molecular complexity index is 1400. The van der Waals surface area contributed by atoms with E-state index in [2.05, 4.69) is 39.0 Å². The van der Waals surface area contributed by atoms with E-state index in [9.17, 15) is 9.59 Å². The lowest BCUT2D eigenvalue weighted by Crippen LogP contribution is -2.46. The van der Waals surface area contributed by atoms with Crippen LogP contribution < -0.4 is 16.1 Å². The summed E-state index contributed by atoms with van der Waals surface area (Å²) in [5, 5.41) is 0.634. The van der Waals surface area contributed by atoms with Crippen LogP contribution in [0, 0.1) is 0 Å². The highest BCUT2D eigenvalue weighted by molar-refractivity contribution is 6.30. The van der Waals surface area contributed by atoms with Crippen LogP contribution in [0.3, 0.4) is 0 Å². The Morgan fingerprint density at radius 3 is 2.39 bits per heavy atom. The number of aryl methyl sites for hydroxylation is 1. The molecule has 8 nitrogen and oxygen atoms in total. The molecule has 1 aliphatic rings. The molecule has 2 aromatic heterocycles. The smallest absolute Gasteiger partial charge is 0.329 e. The topological polar surface area (TPSA) is 79.2 Å². The summed E-state index contributed by atoms with van der Waals surface area (Å²) in [6.45, 7) is 4.64. The van der Waals surface area contributed by atoms with Crippen LogP contribution in [-0.2, 0) is 20.1 Å². The number of nitrogens with zero attached hydrogens (tertiary/aromatic N) is 5. The Hall–Kier alpha value is -3.36. The first-order chi connectivity index (χ1) is 16.0. The highest BCUT2D eigenvalue weighted by atomic mass is 35.5. The van der Waals surface area contributed by atoms with E-state index >= 15 is 0 Å². The molecule has 33 heavy (non-hydrogen) atoms. The van der Waals surface area contributed by atoms with Gasteiger partial charge in [0.2, 0.25) is 5.95 Å². The molecule has 9 heteroatoms. The Morgan fingerprint density at radius 2 is 1.67 bits per heavy atom. The second-order valence-corrected chi connectivity index (χ2v) is 8.80. The molecule has 0 saturated carbocycles. The van der Waals surface area contributed by atoms with E-state index in [0.29, 0.717) is 28.7 Å². The van der Waals surface area contributed by atoms with Gasteiger partial charge in [-0.2, -0.15) is 4.98 Å². The Kier molecular flexibility index (Phi) is 5.78. The van der Waals surface area contributed by atoms with Crippen LogP contribution in [0.25, 0.3) is 11.2 Å². The van der Waals surface area contributed by atoms with Crippen molar-refractivity contribution in [2.75, 3.05) is 31.1 Å². The van der Waals surface area contributed by atoms with E-state index in [1.165, 1.54) is 10.1 Å². The molecule has 1 fully saturated rings. The number of H-pyrrole nitrogens is 1. The summed E-state index contributed by atoms with van der Waals surface area (Å²) in [7, 11) is 1.62. The summed E-state index contributed by atoms with van der Waals surface area (Å²) in [6, 6.07) is 18.0. The van der Waals surface area contributed by atoms with Crippen molar-refractivity contribution in [1.29, 1.82) is 0 Å². The van der Waals surface area contributed by atoms with Gasteiger partial charge in [0.1, 0.15) is 0 Å². The number of nitrogens with one attached hydrogen (secondary N) is 1. The summed E-state index contributed by atoms with van der Waals surface area (Å²) in [5.74, 6) is 0.691. The number of aromatic nitrogens is 4. The van der Waals surface area contributed by atoms with E-state index in [1.807, 2.05) is 34.9 Å². The quantitative estimate of drug-likeness (QED) is 0.491. The Labute approximate surface area is 195 Å². The molecule has 0 atom stereocenters. The fourth-order valence-electron chi connectivity index (χ4n) is 4.38. The minimum Gasteiger partial charge on any atom is -0.340 e. The van der Waals surface area contributed by atoms with Crippen molar-refractivity contribution < 1.29 is 0 Å². The third kappa shape index (κ3) is 4.31. The molecule has 3 heterocycles. The maximum absolute atomic E-state index is 12.8. The lowest BCUT2D eigenvalue weighted by atomic mass is 10.2. The van der Waals surface area contributed by atoms with E-state index in [1.54, 1.807) is 7.05 Å². The number of benzene rings is 2. The van der Waals surface area contributed by atoms with Crippen molar-refractivity contribution in [1.82, 2.24) is 24.0 Å². The monoisotopic (exact) mass is 464 g/mol. The van der Waals surface area contributed by atoms with Gasteiger partial charge in [0.25, 0.3) is 5.56 Å². The molecular formula is C24H25ClN6O2. The number of aromatic amines is 1. The zero-order chi connectivity index (χ0) is 22.9. The van der Waals surface area contributed by atoms with Crippen LogP contribution in [0.15, 0.2) is 64.2 Å². The maximum Gasteiger partial charge on any atom is 0.329 e. The number of anilines is 1. The highest BCUT2D eigenvalue weighted by Crippen LogP contribution is 2.23. The van der Waals surface area contributed by atoms with Gasteiger partial charge in [0.15, 0.2) is 11.2 Å². The van der Waals surface area contributed by atoms with Crippen molar-refractivity contribution in [3.05, 3.63) is 91.6 Å². The molecule has 1 aliphatic heterocycles. The van der Waals surface area contributed by atoms with Gasteiger partial charge in [-0.15, -0.1) is 0 Å². The number of imidazole rings is 1. The molecule has 0 radical (unpaired) electrons. The lowest BCUT2D eigenvalue weighted by molar-refractivity contribution is 0.248. The molecule has 0 unspecified atom stereocenters. The minimum absolute atomic E-state index is 0.382. The van der Waals surface area contributed by atoms with E-state index in [4.69, 9.17) is 16.6 Å². The molecule has 0 bridgehead atoms. The minimum atomic E-state index is -0.473. The van der Waals surface area contributed by atoms with Gasteiger partial charge in [-0.25, -0.2) is 4.79 Å². The molecule has 2 aromatic carbocycles. The molecule has 0 spiro atoms. The van der Waals surface area contributed by atoms with Crippen LogP contribution in [0.5, 0.6) is 0 Å². The van der Waals surface area contributed by atoms with E-state index in [0.717, 1.165) is 38.3 Å². The third-order valence-electron chi connectivity index (χ3n) is 6.12. The van der Waals surface area contributed by atoms with Crippen LogP contribution in [-0.4, -0.2) is 50.2 Å². The first kappa shape index (κ1) is 21.5. The molecule has 1 N–H and O–H groups in total. The van der Waals surface area contributed by atoms with E-state index < -0.39 is 11.2 Å². The van der Waals surface area contributed by atoms with Crippen molar-refractivity contribution in [2.24, 2.45) is 7.05 Å². The predicted octanol–water partition coefficient (Wildman–Crippen LogP) is 2.45. The van der Waals surface area contributed by atoms with Gasteiger partial charge in [0.05, 0.1) is 6.54 Å². The fraction of sp³-hybridized carbons (Fsp3) is 0.292. The number of hydrogen-bond donors (Lipinski definition) is 1. The Morgan fingerprint density at radius 1 is 0.939 bits per heavy atom. The molecule has 1 saturated heterocycles. The molecule has 5 rings (SSSR count). The van der Waals surface area contributed by atoms with Crippen LogP contribution >= 0.6 is 11.6 Å². The molecule has 170 valence electrons. The van der Waals surface area contributed by atoms with Crippen LogP contribution in [0.2, 0.25) is 5.02 Å². The first-order valence-electron chi connectivity index (χ1n) is 10.9. The summed E-state index contributed by atoms with van der Waals surface area (Å²) >= 11 is 6.20. The fourth-order valence-corrected chi connectivity index (χ4v) is 4.59. The van der Waals surface area contributed by atoms with Crippen LogP contribution in [0.1, 0.15) is 11.1 Å². The average Bonchev–Trinajstić information content (AvgIpc) is 3.18. The van der Waals surface area contributed by atoms with Gasteiger partial charge in [-0.3, -0.25) is 23.8 Å².